The fourth-order valence-electron chi connectivity index (χ4n) is 3.67. The number of hydrogen-bond acceptors (Lipinski definition) is 4. The minimum absolute atomic E-state index is 0.0555. The monoisotopic (exact) mass is 531 g/mol. The summed E-state index contributed by atoms with van der Waals surface area (Å²) >= 11 is 0. The van der Waals surface area contributed by atoms with Crippen molar-refractivity contribution in [1.82, 2.24) is 5.32 Å². The Kier molecular flexibility index (Phi) is 8.19. The van der Waals surface area contributed by atoms with Crippen molar-refractivity contribution in [3.05, 3.63) is 83.9 Å². The predicted molar refractivity (Wildman–Crippen MR) is 119 cm³/mol. The first-order valence-corrected chi connectivity index (χ1v) is 10.7. The van der Waals surface area contributed by atoms with Gasteiger partial charge in [0.1, 0.15) is 18.2 Å². The maximum atomic E-state index is 13.3. The van der Waals surface area contributed by atoms with E-state index in [0.717, 1.165) is 18.2 Å². The van der Waals surface area contributed by atoms with Crippen LogP contribution in [0, 0.1) is 0 Å². The summed E-state index contributed by atoms with van der Waals surface area (Å²) in [6.45, 7) is -0.104. The summed E-state index contributed by atoms with van der Waals surface area (Å²) in [5.41, 5.74) is -2.03. The molecule has 198 valence electrons. The van der Waals surface area contributed by atoms with Gasteiger partial charge in [-0.15, -0.1) is 26.3 Å². The van der Waals surface area contributed by atoms with E-state index in [1.54, 1.807) is 18.2 Å². The molecule has 0 aliphatic carbocycles. The van der Waals surface area contributed by atoms with Crippen LogP contribution in [0.5, 0.6) is 11.5 Å². The molecule has 5 nitrogen and oxygen atoms in total. The van der Waals surface area contributed by atoms with Crippen LogP contribution in [-0.4, -0.2) is 32.0 Å². The highest BCUT2D eigenvalue weighted by molar-refractivity contribution is 5.77. The molecule has 0 saturated heterocycles. The first kappa shape index (κ1) is 27.6. The molecule has 3 aromatic carbocycles. The van der Waals surface area contributed by atoms with E-state index in [0.29, 0.717) is 0 Å². The third-order valence-electron chi connectivity index (χ3n) is 5.11. The van der Waals surface area contributed by atoms with Crippen molar-refractivity contribution in [3.63, 3.8) is 0 Å². The molecule has 0 heterocycles. The second kappa shape index (κ2) is 11.0. The lowest BCUT2D eigenvalue weighted by atomic mass is 9.82. The van der Waals surface area contributed by atoms with E-state index in [1.165, 1.54) is 43.3 Å². The third-order valence-corrected chi connectivity index (χ3v) is 5.11. The zero-order chi connectivity index (χ0) is 27.3. The van der Waals surface area contributed by atoms with Gasteiger partial charge in [-0.3, -0.25) is 0 Å². The Morgan fingerprint density at radius 2 is 1.49 bits per heavy atom. The van der Waals surface area contributed by atoms with Gasteiger partial charge in [0.15, 0.2) is 5.60 Å². The molecule has 0 spiro atoms. The summed E-state index contributed by atoms with van der Waals surface area (Å²) in [5.74, 6) is -1.30. The lowest BCUT2D eigenvalue weighted by Gasteiger charge is -2.33. The molecule has 3 rings (SSSR count). The van der Waals surface area contributed by atoms with Crippen molar-refractivity contribution in [2.24, 2.45) is 0 Å². The first-order chi connectivity index (χ1) is 17.3. The highest BCUT2D eigenvalue weighted by Gasteiger charge is 2.40. The summed E-state index contributed by atoms with van der Waals surface area (Å²) in [5, 5.41) is 2.13. The van der Waals surface area contributed by atoms with Crippen molar-refractivity contribution < 1.29 is 49.7 Å². The molecular formula is C25H20F7NO4. The largest absolute Gasteiger partial charge is 0.573 e. The van der Waals surface area contributed by atoms with E-state index in [4.69, 9.17) is 4.74 Å². The van der Waals surface area contributed by atoms with Crippen LogP contribution >= 0.6 is 0 Å². The maximum Gasteiger partial charge on any atom is 0.573 e. The predicted octanol–water partition coefficient (Wildman–Crippen LogP) is 7.11. The minimum atomic E-state index is -5.08. The normalized spacial score (nSPS) is 13.4. The van der Waals surface area contributed by atoms with Crippen LogP contribution in [0.3, 0.4) is 0 Å². The van der Waals surface area contributed by atoms with Gasteiger partial charge >= 0.3 is 18.8 Å². The highest BCUT2D eigenvalue weighted by atomic mass is 19.4. The van der Waals surface area contributed by atoms with Crippen molar-refractivity contribution in [2.45, 2.75) is 25.2 Å². The van der Waals surface area contributed by atoms with Gasteiger partial charge in [-0.25, -0.2) is 9.18 Å². The van der Waals surface area contributed by atoms with Crippen LogP contribution in [0.4, 0.5) is 35.5 Å². The van der Waals surface area contributed by atoms with Crippen LogP contribution in [0.1, 0.15) is 18.1 Å². The first-order valence-electron chi connectivity index (χ1n) is 10.7. The number of amides is 1. The number of carbonyl (C=O) groups excluding carboxylic acids is 1. The standard InChI is InChI=1S/C25H20F7NO4/c1-23(37-22(34)33-14-13-26,17-9-5-10-18(15-17)35-24(27,28)29)19-11-6-12-20(36-25(30,31)32)21(19)16-7-3-2-4-8-16/h2-12,15H,13-14H2,1H3,(H,33,34). The molecule has 1 atom stereocenters. The second-order valence-corrected chi connectivity index (χ2v) is 7.71. The quantitative estimate of drug-likeness (QED) is 0.315. The van der Waals surface area contributed by atoms with Gasteiger partial charge in [0.2, 0.25) is 0 Å². The second-order valence-electron chi connectivity index (χ2n) is 7.71. The van der Waals surface area contributed by atoms with E-state index >= 15 is 0 Å². The highest BCUT2D eigenvalue weighted by Crippen LogP contribution is 2.45. The molecule has 12 heteroatoms. The van der Waals surface area contributed by atoms with Crippen LogP contribution in [0.25, 0.3) is 11.1 Å². The average Bonchev–Trinajstić information content (AvgIpc) is 2.81. The van der Waals surface area contributed by atoms with Crippen LogP contribution in [-0.2, 0) is 10.3 Å². The number of alkyl halides is 7. The van der Waals surface area contributed by atoms with Gasteiger partial charge in [0.05, 0.1) is 0 Å². The molecule has 3 aromatic rings. The molecule has 0 radical (unpaired) electrons. The Labute approximate surface area is 206 Å². The molecule has 0 saturated carbocycles. The zero-order valence-electron chi connectivity index (χ0n) is 19.1. The lowest BCUT2D eigenvalue weighted by molar-refractivity contribution is -0.275. The molecule has 0 aliphatic heterocycles. The van der Waals surface area contributed by atoms with Gasteiger partial charge in [-0.05, 0) is 30.7 Å². The Morgan fingerprint density at radius 1 is 0.838 bits per heavy atom. The van der Waals surface area contributed by atoms with Crippen LogP contribution < -0.4 is 14.8 Å². The molecule has 1 N–H and O–H groups in total. The van der Waals surface area contributed by atoms with E-state index in [1.807, 2.05) is 0 Å². The number of alkyl carbamates (subject to hydrolysis) is 1. The Morgan fingerprint density at radius 3 is 2.11 bits per heavy atom. The third kappa shape index (κ3) is 7.28. The SMILES string of the molecule is CC(OC(=O)NCCF)(c1cccc(OC(F)(F)F)c1)c1cccc(OC(F)(F)F)c1-c1ccccc1. The number of hydrogen-bond donors (Lipinski definition) is 1. The topological polar surface area (TPSA) is 56.8 Å². The van der Waals surface area contributed by atoms with E-state index in [2.05, 4.69) is 14.8 Å². The molecular weight excluding hydrogens is 511 g/mol. The van der Waals surface area contributed by atoms with Gasteiger partial charge in [0, 0.05) is 23.2 Å². The summed E-state index contributed by atoms with van der Waals surface area (Å²) < 4.78 is 105. The van der Waals surface area contributed by atoms with Gasteiger partial charge in [-0.1, -0.05) is 54.6 Å². The van der Waals surface area contributed by atoms with Crippen LogP contribution in [0.15, 0.2) is 72.8 Å². The summed E-state index contributed by atoms with van der Waals surface area (Å²) in [7, 11) is 0. The van der Waals surface area contributed by atoms with E-state index < -0.39 is 49.1 Å². The minimum Gasteiger partial charge on any atom is -0.433 e. The van der Waals surface area contributed by atoms with Crippen molar-refractivity contribution in [3.8, 4) is 22.6 Å². The summed E-state index contributed by atoms with van der Waals surface area (Å²) in [6, 6.07) is 15.7. The van der Waals surface area contributed by atoms with Crippen molar-refractivity contribution in [1.29, 1.82) is 0 Å². The van der Waals surface area contributed by atoms with Crippen LogP contribution in [0.2, 0.25) is 0 Å². The fourth-order valence-corrected chi connectivity index (χ4v) is 3.67. The molecule has 0 aliphatic rings. The van der Waals surface area contributed by atoms with Crippen molar-refractivity contribution in [2.75, 3.05) is 13.2 Å². The lowest BCUT2D eigenvalue weighted by Crippen LogP contribution is -2.37. The molecule has 1 unspecified atom stereocenters. The number of rotatable bonds is 8. The number of carbonyl (C=O) groups is 1. The summed E-state index contributed by atoms with van der Waals surface area (Å²) in [6.07, 6.45) is -11.3. The number of ether oxygens (including phenoxy) is 3. The van der Waals surface area contributed by atoms with Crippen molar-refractivity contribution >= 4 is 6.09 Å². The maximum absolute atomic E-state index is 13.3. The smallest absolute Gasteiger partial charge is 0.433 e. The Hall–Kier alpha value is -3.96. The number of nitrogens with one attached hydrogen (secondary N) is 1. The molecule has 0 bridgehead atoms. The number of benzene rings is 3. The summed E-state index contributed by atoms with van der Waals surface area (Å²) in [4.78, 5) is 12.5. The van der Waals surface area contributed by atoms with E-state index in [9.17, 15) is 35.5 Å². The zero-order valence-corrected chi connectivity index (χ0v) is 19.1. The average molecular weight is 531 g/mol. The number of halogens is 7. The van der Waals surface area contributed by atoms with Gasteiger partial charge < -0.3 is 19.5 Å². The Balaban J connectivity index is 2.27. The molecule has 0 aromatic heterocycles. The molecule has 37 heavy (non-hydrogen) atoms. The van der Waals surface area contributed by atoms with E-state index in [-0.39, 0.29) is 22.3 Å². The van der Waals surface area contributed by atoms with Gasteiger partial charge in [-0.2, -0.15) is 0 Å². The Bertz CT molecular complexity index is 1220. The molecule has 1 amide bonds. The molecule has 0 fully saturated rings. The fraction of sp³-hybridized carbons (Fsp3) is 0.240. The van der Waals surface area contributed by atoms with Gasteiger partial charge in [0.25, 0.3) is 0 Å².